The van der Waals surface area contributed by atoms with Crippen LogP contribution in [0.2, 0.25) is 0 Å². The highest BCUT2D eigenvalue weighted by atomic mass is 16.7. The van der Waals surface area contributed by atoms with Gasteiger partial charge in [0.25, 0.3) is 5.56 Å². The number of benzene rings is 1. The van der Waals surface area contributed by atoms with E-state index in [1.165, 1.54) is 0 Å². The van der Waals surface area contributed by atoms with Gasteiger partial charge in [0.1, 0.15) is 0 Å². The van der Waals surface area contributed by atoms with Gasteiger partial charge in [-0.25, -0.2) is 4.98 Å². The Balaban J connectivity index is 1.64. The summed E-state index contributed by atoms with van der Waals surface area (Å²) in [7, 11) is 0. The predicted molar refractivity (Wildman–Crippen MR) is 94.7 cm³/mol. The Morgan fingerprint density at radius 2 is 1.92 bits per heavy atom. The zero-order valence-electron chi connectivity index (χ0n) is 13.9. The molecule has 0 unspecified atom stereocenters. The largest absolute Gasteiger partial charge is 0.454 e. The molecule has 0 radical (unpaired) electrons. The number of anilines is 1. The van der Waals surface area contributed by atoms with Gasteiger partial charge in [0.2, 0.25) is 12.7 Å². The number of fused-ring (bicyclic) bond motifs is 2. The van der Waals surface area contributed by atoms with Crippen LogP contribution >= 0.6 is 0 Å². The molecular formula is C18H16N4O4. The Morgan fingerprint density at radius 1 is 1.08 bits per heavy atom. The summed E-state index contributed by atoms with van der Waals surface area (Å²) >= 11 is 0. The zero-order valence-corrected chi connectivity index (χ0v) is 13.9. The normalized spacial score (nSPS) is 16.2. The van der Waals surface area contributed by atoms with Gasteiger partial charge in [-0.1, -0.05) is 6.07 Å². The number of hydrogen-bond acceptors (Lipinski definition) is 7. The van der Waals surface area contributed by atoms with Crippen molar-refractivity contribution in [3.05, 3.63) is 40.8 Å². The molecule has 3 aromatic rings. The molecule has 4 heterocycles. The SMILES string of the molecule is O=c1[nH]c(N2CCOCC2)nc2nccc(-c3ccc4c(c3)OCO4)c12. The highest BCUT2D eigenvalue weighted by Gasteiger charge is 2.19. The number of nitrogens with zero attached hydrogens (tertiary/aromatic N) is 3. The molecule has 0 bridgehead atoms. The number of nitrogens with one attached hydrogen (secondary N) is 1. The fourth-order valence-electron chi connectivity index (χ4n) is 3.28. The number of aromatic nitrogens is 3. The molecule has 0 amide bonds. The lowest BCUT2D eigenvalue weighted by Gasteiger charge is -2.27. The quantitative estimate of drug-likeness (QED) is 0.748. The number of H-pyrrole nitrogens is 1. The molecule has 132 valence electrons. The Morgan fingerprint density at radius 3 is 2.81 bits per heavy atom. The molecule has 8 heteroatoms. The van der Waals surface area contributed by atoms with Gasteiger partial charge < -0.3 is 19.1 Å². The number of ether oxygens (including phenoxy) is 3. The van der Waals surface area contributed by atoms with Crippen LogP contribution in [-0.4, -0.2) is 48.0 Å². The van der Waals surface area contributed by atoms with E-state index >= 15 is 0 Å². The average Bonchev–Trinajstić information content (AvgIpc) is 3.16. The molecule has 0 saturated carbocycles. The van der Waals surface area contributed by atoms with E-state index in [0.29, 0.717) is 54.8 Å². The summed E-state index contributed by atoms with van der Waals surface area (Å²) < 4.78 is 16.1. The number of pyridine rings is 1. The molecule has 0 aliphatic carbocycles. The Kier molecular flexibility index (Phi) is 3.49. The van der Waals surface area contributed by atoms with Crippen LogP contribution in [0.3, 0.4) is 0 Å². The molecule has 0 atom stereocenters. The molecular weight excluding hydrogens is 336 g/mol. The van der Waals surface area contributed by atoms with Crippen LogP contribution in [0.25, 0.3) is 22.2 Å². The highest BCUT2D eigenvalue weighted by molar-refractivity contribution is 5.92. The molecule has 2 aliphatic rings. The van der Waals surface area contributed by atoms with Crippen molar-refractivity contribution < 1.29 is 14.2 Å². The minimum atomic E-state index is -0.211. The fraction of sp³-hybridized carbons (Fsp3) is 0.278. The molecule has 2 aliphatic heterocycles. The summed E-state index contributed by atoms with van der Waals surface area (Å²) in [6, 6.07) is 7.42. The van der Waals surface area contributed by atoms with E-state index in [1.54, 1.807) is 6.20 Å². The van der Waals surface area contributed by atoms with Crippen LogP contribution in [0, 0.1) is 0 Å². The van der Waals surface area contributed by atoms with Crippen LogP contribution < -0.4 is 19.9 Å². The van der Waals surface area contributed by atoms with Crippen molar-refractivity contribution in [2.75, 3.05) is 38.0 Å². The van der Waals surface area contributed by atoms with Crippen LogP contribution in [0.15, 0.2) is 35.3 Å². The van der Waals surface area contributed by atoms with Crippen molar-refractivity contribution in [2.45, 2.75) is 0 Å². The first-order valence-corrected chi connectivity index (χ1v) is 8.41. The Labute approximate surface area is 148 Å². The highest BCUT2D eigenvalue weighted by Crippen LogP contribution is 2.37. The summed E-state index contributed by atoms with van der Waals surface area (Å²) in [6.45, 7) is 2.83. The first-order chi connectivity index (χ1) is 12.8. The van der Waals surface area contributed by atoms with Crippen LogP contribution in [0.4, 0.5) is 5.95 Å². The third kappa shape index (κ3) is 2.46. The fourth-order valence-corrected chi connectivity index (χ4v) is 3.28. The first-order valence-electron chi connectivity index (χ1n) is 8.41. The molecule has 26 heavy (non-hydrogen) atoms. The molecule has 0 spiro atoms. The summed E-state index contributed by atoms with van der Waals surface area (Å²) in [6.07, 6.45) is 1.66. The zero-order chi connectivity index (χ0) is 17.5. The molecule has 2 aromatic heterocycles. The summed E-state index contributed by atoms with van der Waals surface area (Å²) in [5.74, 6) is 1.90. The predicted octanol–water partition coefficient (Wildman–Crippen LogP) is 1.55. The van der Waals surface area contributed by atoms with Crippen LogP contribution in [0.5, 0.6) is 11.5 Å². The van der Waals surface area contributed by atoms with Crippen LogP contribution in [0.1, 0.15) is 0 Å². The topological polar surface area (TPSA) is 89.6 Å². The Bertz CT molecular complexity index is 1040. The van der Waals surface area contributed by atoms with E-state index in [-0.39, 0.29) is 12.4 Å². The maximum atomic E-state index is 12.8. The van der Waals surface area contributed by atoms with E-state index < -0.39 is 0 Å². The number of aromatic amines is 1. The summed E-state index contributed by atoms with van der Waals surface area (Å²) in [5, 5.41) is 0.461. The summed E-state index contributed by atoms with van der Waals surface area (Å²) in [5.41, 5.74) is 1.83. The standard InChI is InChI=1S/C18H16N4O4/c23-17-15-12(11-1-2-13-14(9-11)26-10-25-13)3-4-19-16(15)20-18(21-17)22-5-7-24-8-6-22/h1-4,9H,5-8,10H2,(H,19,20,21,23). The van der Waals surface area contributed by atoms with Crippen molar-refractivity contribution in [3.63, 3.8) is 0 Å². The lowest BCUT2D eigenvalue weighted by molar-refractivity contribution is 0.122. The lowest BCUT2D eigenvalue weighted by atomic mass is 10.0. The third-order valence-electron chi connectivity index (χ3n) is 4.59. The average molecular weight is 352 g/mol. The lowest BCUT2D eigenvalue weighted by Crippen LogP contribution is -2.38. The minimum Gasteiger partial charge on any atom is -0.454 e. The second kappa shape index (κ2) is 5.99. The molecule has 8 nitrogen and oxygen atoms in total. The van der Waals surface area contributed by atoms with E-state index in [1.807, 2.05) is 29.2 Å². The minimum absolute atomic E-state index is 0.209. The Hall–Kier alpha value is -3.13. The van der Waals surface area contributed by atoms with E-state index in [2.05, 4.69) is 15.0 Å². The van der Waals surface area contributed by atoms with Gasteiger partial charge in [-0.2, -0.15) is 4.98 Å². The first kappa shape index (κ1) is 15.2. The van der Waals surface area contributed by atoms with Gasteiger partial charge in [-0.15, -0.1) is 0 Å². The van der Waals surface area contributed by atoms with Gasteiger partial charge >= 0.3 is 0 Å². The second-order valence-electron chi connectivity index (χ2n) is 6.11. The molecule has 1 fully saturated rings. The van der Waals surface area contributed by atoms with E-state index in [4.69, 9.17) is 14.2 Å². The van der Waals surface area contributed by atoms with Gasteiger partial charge in [0, 0.05) is 19.3 Å². The van der Waals surface area contributed by atoms with Crippen molar-refractivity contribution in [1.29, 1.82) is 0 Å². The number of hydrogen-bond donors (Lipinski definition) is 1. The van der Waals surface area contributed by atoms with Crippen molar-refractivity contribution in [3.8, 4) is 22.6 Å². The maximum absolute atomic E-state index is 12.8. The van der Waals surface area contributed by atoms with Crippen molar-refractivity contribution in [1.82, 2.24) is 15.0 Å². The molecule has 1 saturated heterocycles. The van der Waals surface area contributed by atoms with Gasteiger partial charge in [0.05, 0.1) is 18.6 Å². The van der Waals surface area contributed by atoms with Gasteiger partial charge in [-0.05, 0) is 29.3 Å². The number of morpholine rings is 1. The number of rotatable bonds is 2. The molecule has 5 rings (SSSR count). The van der Waals surface area contributed by atoms with Gasteiger partial charge in [-0.3, -0.25) is 9.78 Å². The molecule has 1 aromatic carbocycles. The second-order valence-corrected chi connectivity index (χ2v) is 6.11. The van der Waals surface area contributed by atoms with Gasteiger partial charge in [0.15, 0.2) is 17.1 Å². The monoisotopic (exact) mass is 352 g/mol. The van der Waals surface area contributed by atoms with Crippen LogP contribution in [-0.2, 0) is 4.74 Å². The van der Waals surface area contributed by atoms with Crippen molar-refractivity contribution in [2.24, 2.45) is 0 Å². The summed E-state index contributed by atoms with van der Waals surface area (Å²) in [4.78, 5) is 26.6. The molecule has 1 N–H and O–H groups in total. The third-order valence-corrected chi connectivity index (χ3v) is 4.59. The van der Waals surface area contributed by atoms with E-state index in [9.17, 15) is 4.79 Å². The van der Waals surface area contributed by atoms with Crippen molar-refractivity contribution >= 4 is 17.0 Å². The van der Waals surface area contributed by atoms with E-state index in [0.717, 1.165) is 11.1 Å². The smallest absolute Gasteiger partial charge is 0.262 e. The maximum Gasteiger partial charge on any atom is 0.262 e.